The van der Waals surface area contributed by atoms with Crippen LogP contribution in [0.1, 0.15) is 44.2 Å². The maximum atomic E-state index is 13.0. The predicted molar refractivity (Wildman–Crippen MR) is 111 cm³/mol. The smallest absolute Gasteiger partial charge is 0.321 e. The summed E-state index contributed by atoms with van der Waals surface area (Å²) in [6.45, 7) is 5.05. The molecule has 8 heteroatoms. The number of hydrogen-bond donors (Lipinski definition) is 4. The Morgan fingerprint density at radius 3 is 2.45 bits per heavy atom. The van der Waals surface area contributed by atoms with E-state index in [4.69, 9.17) is 5.11 Å². The fraction of sp³-hybridized carbons (Fsp3) is 0.381. The van der Waals surface area contributed by atoms with E-state index in [9.17, 15) is 23.4 Å². The van der Waals surface area contributed by atoms with Crippen molar-refractivity contribution in [1.82, 2.24) is 4.72 Å². The number of aromatic hydroxyl groups is 2. The van der Waals surface area contributed by atoms with Gasteiger partial charge in [0, 0.05) is 0 Å². The monoisotopic (exact) mass is 421 g/mol. The molecule has 0 saturated carbocycles. The van der Waals surface area contributed by atoms with E-state index in [0.717, 1.165) is 18.4 Å². The first kappa shape index (κ1) is 22.7. The van der Waals surface area contributed by atoms with Gasteiger partial charge in [-0.2, -0.15) is 4.72 Å². The molecule has 4 N–H and O–H groups in total. The standard InChI is InChI=1S/C21H27NO6S/c1-4-5-6-9-16-12-17(23)18(15-10-7-8-13(2)11-15)19(24)20(16)29(27,28)22-14(3)21(25)26/h7-8,10-12,14,22-24H,4-6,9H2,1-3H3,(H,25,26). The second kappa shape index (κ2) is 9.28. The van der Waals surface area contributed by atoms with Crippen molar-refractivity contribution in [2.75, 3.05) is 0 Å². The van der Waals surface area contributed by atoms with E-state index in [1.807, 2.05) is 19.9 Å². The first-order valence-electron chi connectivity index (χ1n) is 9.48. The molecule has 0 aliphatic heterocycles. The number of aliphatic carboxylic acids is 1. The third-order valence-electron chi connectivity index (χ3n) is 4.64. The minimum Gasteiger partial charge on any atom is -0.507 e. The van der Waals surface area contributed by atoms with Crippen LogP contribution in [0.5, 0.6) is 11.5 Å². The molecule has 0 aliphatic rings. The third-order valence-corrected chi connectivity index (χ3v) is 6.29. The summed E-state index contributed by atoms with van der Waals surface area (Å²) in [6.07, 6.45) is 2.74. The molecular weight excluding hydrogens is 394 g/mol. The summed E-state index contributed by atoms with van der Waals surface area (Å²) in [4.78, 5) is 10.7. The Kier molecular flexibility index (Phi) is 7.26. The number of carboxylic acids is 1. The average molecular weight is 422 g/mol. The van der Waals surface area contributed by atoms with E-state index >= 15 is 0 Å². The summed E-state index contributed by atoms with van der Waals surface area (Å²) < 4.78 is 28.0. The molecule has 0 aromatic heterocycles. The minimum atomic E-state index is -4.35. The first-order valence-corrected chi connectivity index (χ1v) is 11.0. The highest BCUT2D eigenvalue weighted by atomic mass is 32.2. The van der Waals surface area contributed by atoms with E-state index < -0.39 is 32.7 Å². The fourth-order valence-electron chi connectivity index (χ4n) is 3.17. The fourth-order valence-corrected chi connectivity index (χ4v) is 4.71. The van der Waals surface area contributed by atoms with Gasteiger partial charge in [0.1, 0.15) is 22.4 Å². The molecule has 0 heterocycles. The zero-order chi connectivity index (χ0) is 21.8. The van der Waals surface area contributed by atoms with Gasteiger partial charge >= 0.3 is 5.97 Å². The Morgan fingerprint density at radius 1 is 1.17 bits per heavy atom. The largest absolute Gasteiger partial charge is 0.507 e. The van der Waals surface area contributed by atoms with Crippen LogP contribution in [0, 0.1) is 6.92 Å². The lowest BCUT2D eigenvalue weighted by molar-refractivity contribution is -0.138. The van der Waals surface area contributed by atoms with Gasteiger partial charge in [-0.15, -0.1) is 0 Å². The number of benzene rings is 2. The Bertz CT molecular complexity index is 1000. The SMILES string of the molecule is CCCCCc1cc(O)c(-c2cccc(C)c2)c(O)c1S(=O)(=O)NC(C)C(=O)O. The Morgan fingerprint density at radius 2 is 1.86 bits per heavy atom. The Hall–Kier alpha value is -2.58. The molecule has 2 aromatic rings. The quantitative estimate of drug-likeness (QED) is 0.459. The van der Waals surface area contributed by atoms with Gasteiger partial charge in [0.05, 0.1) is 5.56 Å². The molecule has 0 amide bonds. The highest BCUT2D eigenvalue weighted by Gasteiger charge is 2.30. The summed E-state index contributed by atoms with van der Waals surface area (Å²) in [5.41, 5.74) is 1.57. The first-order chi connectivity index (χ1) is 13.6. The third kappa shape index (κ3) is 5.27. The lowest BCUT2D eigenvalue weighted by atomic mass is 9.97. The van der Waals surface area contributed by atoms with Gasteiger partial charge < -0.3 is 15.3 Å². The van der Waals surface area contributed by atoms with Crippen LogP contribution in [0.15, 0.2) is 35.2 Å². The molecule has 0 aliphatic carbocycles. The van der Waals surface area contributed by atoms with Gasteiger partial charge in [-0.25, -0.2) is 8.42 Å². The normalized spacial score (nSPS) is 12.7. The Balaban J connectivity index is 2.69. The van der Waals surface area contributed by atoms with Crippen LogP contribution < -0.4 is 4.72 Å². The van der Waals surface area contributed by atoms with Crippen LogP contribution in [-0.4, -0.2) is 35.7 Å². The van der Waals surface area contributed by atoms with Crippen molar-refractivity contribution in [3.8, 4) is 22.6 Å². The number of aryl methyl sites for hydroxylation is 2. The van der Waals surface area contributed by atoms with Gasteiger partial charge in [-0.05, 0) is 43.9 Å². The molecule has 1 unspecified atom stereocenters. The molecule has 0 spiro atoms. The number of carbonyl (C=O) groups is 1. The van der Waals surface area contributed by atoms with Crippen LogP contribution >= 0.6 is 0 Å². The van der Waals surface area contributed by atoms with Gasteiger partial charge in [-0.3, -0.25) is 4.79 Å². The van der Waals surface area contributed by atoms with Crippen molar-refractivity contribution in [1.29, 1.82) is 0 Å². The summed E-state index contributed by atoms with van der Waals surface area (Å²) >= 11 is 0. The topological polar surface area (TPSA) is 124 Å². The number of sulfonamides is 1. The zero-order valence-electron chi connectivity index (χ0n) is 16.8. The molecule has 29 heavy (non-hydrogen) atoms. The van der Waals surface area contributed by atoms with Crippen LogP contribution in [0.3, 0.4) is 0 Å². The number of hydrogen-bond acceptors (Lipinski definition) is 5. The zero-order valence-corrected chi connectivity index (χ0v) is 17.6. The summed E-state index contributed by atoms with van der Waals surface area (Å²) in [6, 6.07) is 6.91. The second-order valence-electron chi connectivity index (χ2n) is 7.12. The van der Waals surface area contributed by atoms with Crippen molar-refractivity contribution < 1.29 is 28.5 Å². The van der Waals surface area contributed by atoms with Crippen LogP contribution in [0.25, 0.3) is 11.1 Å². The molecule has 0 bridgehead atoms. The maximum Gasteiger partial charge on any atom is 0.321 e. The molecule has 1 atom stereocenters. The molecule has 0 radical (unpaired) electrons. The minimum absolute atomic E-state index is 0.00343. The van der Waals surface area contributed by atoms with Crippen LogP contribution in [0.4, 0.5) is 0 Å². The maximum absolute atomic E-state index is 13.0. The highest BCUT2D eigenvalue weighted by Crippen LogP contribution is 2.44. The lowest BCUT2D eigenvalue weighted by Crippen LogP contribution is -2.38. The van der Waals surface area contributed by atoms with Gasteiger partial charge in [0.2, 0.25) is 10.0 Å². The number of rotatable bonds is 9. The molecule has 2 aromatic carbocycles. The van der Waals surface area contributed by atoms with Crippen molar-refractivity contribution in [3.05, 3.63) is 41.5 Å². The average Bonchev–Trinajstić information content (AvgIpc) is 2.61. The van der Waals surface area contributed by atoms with E-state index in [1.165, 1.54) is 13.0 Å². The number of phenolic OH excluding ortho intramolecular Hbond substituents is 2. The van der Waals surface area contributed by atoms with Crippen molar-refractivity contribution in [2.24, 2.45) is 0 Å². The van der Waals surface area contributed by atoms with Gasteiger partial charge in [0.15, 0.2) is 0 Å². The van der Waals surface area contributed by atoms with Crippen molar-refractivity contribution in [3.63, 3.8) is 0 Å². The molecule has 158 valence electrons. The van der Waals surface area contributed by atoms with Crippen molar-refractivity contribution >= 4 is 16.0 Å². The molecule has 0 saturated heterocycles. The Labute approximate surface area is 171 Å². The van der Waals surface area contributed by atoms with E-state index in [0.29, 0.717) is 18.4 Å². The van der Waals surface area contributed by atoms with Gasteiger partial charge in [0.25, 0.3) is 0 Å². The van der Waals surface area contributed by atoms with E-state index in [1.54, 1.807) is 18.2 Å². The van der Waals surface area contributed by atoms with Crippen LogP contribution in [0.2, 0.25) is 0 Å². The van der Waals surface area contributed by atoms with Gasteiger partial charge in [-0.1, -0.05) is 49.6 Å². The number of phenols is 2. The number of nitrogens with one attached hydrogen (secondary N) is 1. The molecule has 2 rings (SSSR count). The lowest BCUT2D eigenvalue weighted by Gasteiger charge is -2.19. The highest BCUT2D eigenvalue weighted by molar-refractivity contribution is 7.89. The molecule has 0 fully saturated rings. The number of carboxylic acid groups (broad SMARTS) is 1. The summed E-state index contributed by atoms with van der Waals surface area (Å²) in [5, 5.41) is 30.6. The van der Waals surface area contributed by atoms with Crippen molar-refractivity contribution in [2.45, 2.75) is 57.4 Å². The molecular formula is C21H27NO6S. The van der Waals surface area contributed by atoms with E-state index in [-0.39, 0.29) is 16.9 Å². The summed E-state index contributed by atoms with van der Waals surface area (Å²) in [5.74, 6) is -2.16. The van der Waals surface area contributed by atoms with E-state index in [2.05, 4.69) is 4.72 Å². The predicted octanol–water partition coefficient (Wildman–Crippen LogP) is 3.56. The summed E-state index contributed by atoms with van der Waals surface area (Å²) in [7, 11) is -4.35. The second-order valence-corrected chi connectivity index (χ2v) is 8.77. The number of unbranched alkanes of at least 4 members (excludes halogenated alkanes) is 2. The van der Waals surface area contributed by atoms with Crippen LogP contribution in [-0.2, 0) is 21.2 Å². The molecule has 7 nitrogen and oxygen atoms in total.